The van der Waals surface area contributed by atoms with Gasteiger partial charge in [-0.2, -0.15) is 0 Å². The fourth-order valence-electron chi connectivity index (χ4n) is 2.42. The predicted molar refractivity (Wildman–Crippen MR) is 83.7 cm³/mol. The molecule has 1 aliphatic carbocycles. The van der Waals surface area contributed by atoms with Gasteiger partial charge >= 0.3 is 0 Å². The van der Waals surface area contributed by atoms with Gasteiger partial charge in [0.25, 0.3) is 0 Å². The fraction of sp³-hybridized carbons (Fsp3) is 0.733. The van der Waals surface area contributed by atoms with Crippen molar-refractivity contribution in [1.29, 1.82) is 0 Å². The molecule has 1 aliphatic rings. The number of hydrogen-bond acceptors (Lipinski definition) is 5. The minimum absolute atomic E-state index is 0.0951. The molecule has 2 rings (SSSR count). The summed E-state index contributed by atoms with van der Waals surface area (Å²) in [5, 5.41) is 3.56. The van der Waals surface area contributed by atoms with Crippen molar-refractivity contribution in [3.8, 4) is 0 Å². The molecule has 1 aromatic heterocycles. The zero-order chi connectivity index (χ0) is 14.9. The van der Waals surface area contributed by atoms with Crippen LogP contribution >= 0.6 is 0 Å². The van der Waals surface area contributed by atoms with Gasteiger partial charge in [-0.25, -0.2) is 15.8 Å². The van der Waals surface area contributed by atoms with Gasteiger partial charge in [0.1, 0.15) is 17.5 Å². The molecule has 1 saturated carbocycles. The minimum atomic E-state index is -0.0951. The van der Waals surface area contributed by atoms with Crippen molar-refractivity contribution in [3.63, 3.8) is 0 Å². The molecule has 0 aliphatic heterocycles. The van der Waals surface area contributed by atoms with Gasteiger partial charge in [-0.3, -0.25) is 0 Å². The molecule has 0 bridgehead atoms. The second kappa shape index (κ2) is 5.56. The lowest BCUT2D eigenvalue weighted by Gasteiger charge is -2.20. The molecule has 0 spiro atoms. The Labute approximate surface area is 121 Å². The lowest BCUT2D eigenvalue weighted by molar-refractivity contribution is 0.546. The summed E-state index contributed by atoms with van der Waals surface area (Å²) >= 11 is 0. The summed E-state index contributed by atoms with van der Waals surface area (Å²) in [6.07, 6.45) is 3.78. The molecule has 5 nitrogen and oxygen atoms in total. The lowest BCUT2D eigenvalue weighted by atomic mass is 9.95. The van der Waals surface area contributed by atoms with Crippen LogP contribution in [0.3, 0.4) is 0 Å². The van der Waals surface area contributed by atoms with E-state index in [1.165, 1.54) is 19.3 Å². The third-order valence-corrected chi connectivity index (χ3v) is 3.86. The third-order valence-electron chi connectivity index (χ3n) is 3.86. The monoisotopic (exact) mass is 277 g/mol. The summed E-state index contributed by atoms with van der Waals surface area (Å²) in [6, 6.07) is 0.557. The Balaban J connectivity index is 2.23. The quantitative estimate of drug-likeness (QED) is 0.570. The van der Waals surface area contributed by atoms with Crippen LogP contribution in [0.15, 0.2) is 0 Å². The minimum Gasteiger partial charge on any atom is -0.367 e. The molecule has 20 heavy (non-hydrogen) atoms. The second-order valence-corrected chi connectivity index (χ2v) is 6.80. The smallest absolute Gasteiger partial charge is 0.148 e. The van der Waals surface area contributed by atoms with E-state index < -0.39 is 0 Å². The van der Waals surface area contributed by atoms with Crippen LogP contribution in [-0.4, -0.2) is 16.0 Å². The van der Waals surface area contributed by atoms with E-state index in [1.54, 1.807) is 0 Å². The van der Waals surface area contributed by atoms with Gasteiger partial charge in [0, 0.05) is 17.0 Å². The number of anilines is 2. The Morgan fingerprint density at radius 1 is 1.25 bits per heavy atom. The standard InChI is InChI=1S/C15H27N5/c1-6-7-10-8-11(10)17-12-9(2)13(20-16)19-14(18-12)15(3,4)5/h10-11H,6-8,16H2,1-5H3,(H2,17,18,19,20). The summed E-state index contributed by atoms with van der Waals surface area (Å²) in [6.45, 7) is 10.6. The largest absolute Gasteiger partial charge is 0.367 e. The first-order valence-electron chi connectivity index (χ1n) is 7.49. The van der Waals surface area contributed by atoms with Crippen LogP contribution in [0, 0.1) is 12.8 Å². The summed E-state index contributed by atoms with van der Waals surface area (Å²) in [7, 11) is 0. The van der Waals surface area contributed by atoms with Crippen LogP contribution in [0.25, 0.3) is 0 Å². The highest BCUT2D eigenvalue weighted by atomic mass is 15.3. The topological polar surface area (TPSA) is 75.9 Å². The van der Waals surface area contributed by atoms with E-state index in [1.807, 2.05) is 6.92 Å². The lowest BCUT2D eigenvalue weighted by Crippen LogP contribution is -2.22. The van der Waals surface area contributed by atoms with Crippen molar-refractivity contribution in [2.45, 2.75) is 65.3 Å². The van der Waals surface area contributed by atoms with Crippen molar-refractivity contribution < 1.29 is 0 Å². The SMILES string of the molecule is CCCC1CC1Nc1nc(C(C)(C)C)nc(NN)c1C. The molecule has 112 valence electrons. The molecule has 0 amide bonds. The first-order valence-corrected chi connectivity index (χ1v) is 7.49. The van der Waals surface area contributed by atoms with Crippen LogP contribution in [0.4, 0.5) is 11.6 Å². The van der Waals surface area contributed by atoms with E-state index in [9.17, 15) is 0 Å². The maximum absolute atomic E-state index is 5.59. The molecular formula is C15H27N5. The Kier molecular flexibility index (Phi) is 4.18. The molecule has 1 heterocycles. The second-order valence-electron chi connectivity index (χ2n) is 6.80. The molecule has 2 atom stereocenters. The maximum atomic E-state index is 5.59. The number of nitrogen functional groups attached to an aromatic ring is 1. The van der Waals surface area contributed by atoms with Crippen molar-refractivity contribution >= 4 is 11.6 Å². The van der Waals surface area contributed by atoms with Gasteiger partial charge in [0.2, 0.25) is 0 Å². The molecule has 0 radical (unpaired) electrons. The van der Waals surface area contributed by atoms with Crippen LogP contribution < -0.4 is 16.6 Å². The Morgan fingerprint density at radius 2 is 1.90 bits per heavy atom. The van der Waals surface area contributed by atoms with Crippen molar-refractivity contribution in [2.24, 2.45) is 11.8 Å². The fourth-order valence-corrected chi connectivity index (χ4v) is 2.42. The van der Waals surface area contributed by atoms with Crippen molar-refractivity contribution in [1.82, 2.24) is 9.97 Å². The molecule has 1 aromatic rings. The van der Waals surface area contributed by atoms with Gasteiger partial charge in [0.05, 0.1) is 0 Å². The predicted octanol–water partition coefficient (Wildman–Crippen LogP) is 2.97. The average molecular weight is 277 g/mol. The van der Waals surface area contributed by atoms with Gasteiger partial charge in [-0.15, -0.1) is 0 Å². The first kappa shape index (κ1) is 15.0. The Bertz CT molecular complexity index is 478. The Hall–Kier alpha value is -1.36. The van der Waals surface area contributed by atoms with Gasteiger partial charge in [0.15, 0.2) is 0 Å². The van der Waals surface area contributed by atoms with E-state index in [-0.39, 0.29) is 5.41 Å². The zero-order valence-electron chi connectivity index (χ0n) is 13.2. The highest BCUT2D eigenvalue weighted by Crippen LogP contribution is 2.38. The van der Waals surface area contributed by atoms with Crippen LogP contribution in [0.5, 0.6) is 0 Å². The van der Waals surface area contributed by atoms with E-state index in [0.29, 0.717) is 11.9 Å². The molecule has 0 aromatic carbocycles. The van der Waals surface area contributed by atoms with Gasteiger partial charge < -0.3 is 10.7 Å². The number of nitrogens with two attached hydrogens (primary N) is 1. The molecule has 2 unspecified atom stereocenters. The summed E-state index contributed by atoms with van der Waals surface area (Å²) in [4.78, 5) is 9.23. The van der Waals surface area contributed by atoms with Gasteiger partial charge in [-0.05, 0) is 25.7 Å². The summed E-state index contributed by atoms with van der Waals surface area (Å²) in [5.41, 5.74) is 3.58. The van der Waals surface area contributed by atoms with Crippen LogP contribution in [-0.2, 0) is 5.41 Å². The van der Waals surface area contributed by atoms with Crippen molar-refractivity contribution in [3.05, 3.63) is 11.4 Å². The summed E-state index contributed by atoms with van der Waals surface area (Å²) < 4.78 is 0. The van der Waals surface area contributed by atoms with E-state index in [4.69, 9.17) is 10.8 Å². The molecule has 5 heteroatoms. The number of aromatic nitrogens is 2. The van der Waals surface area contributed by atoms with E-state index >= 15 is 0 Å². The molecule has 4 N–H and O–H groups in total. The van der Waals surface area contributed by atoms with Crippen LogP contribution in [0.2, 0.25) is 0 Å². The van der Waals surface area contributed by atoms with Crippen LogP contribution in [0.1, 0.15) is 58.3 Å². The first-order chi connectivity index (χ1) is 9.36. The zero-order valence-corrected chi connectivity index (χ0v) is 13.2. The number of rotatable bonds is 5. The number of nitrogens with one attached hydrogen (secondary N) is 2. The number of hydrazine groups is 1. The van der Waals surface area contributed by atoms with E-state index in [0.717, 1.165) is 23.1 Å². The van der Waals surface area contributed by atoms with Gasteiger partial charge in [-0.1, -0.05) is 34.1 Å². The maximum Gasteiger partial charge on any atom is 0.148 e. The van der Waals surface area contributed by atoms with E-state index in [2.05, 4.69) is 43.4 Å². The highest BCUT2D eigenvalue weighted by molar-refractivity contribution is 5.58. The molecule has 0 saturated heterocycles. The van der Waals surface area contributed by atoms with Crippen molar-refractivity contribution in [2.75, 3.05) is 10.7 Å². The normalized spacial score (nSPS) is 21.7. The molecule has 1 fully saturated rings. The number of hydrogen-bond donors (Lipinski definition) is 3. The number of nitrogens with zero attached hydrogens (tertiary/aromatic N) is 2. The Morgan fingerprint density at radius 3 is 2.45 bits per heavy atom. The third kappa shape index (κ3) is 3.20. The average Bonchev–Trinajstić information content (AvgIpc) is 3.09. The summed E-state index contributed by atoms with van der Waals surface area (Å²) in [5.74, 6) is 8.82. The highest BCUT2D eigenvalue weighted by Gasteiger charge is 2.36. The molecular weight excluding hydrogens is 250 g/mol.